The normalized spacial score (nSPS) is 16.9. The van der Waals surface area contributed by atoms with E-state index in [4.69, 9.17) is 30.0 Å². The van der Waals surface area contributed by atoms with Crippen LogP contribution in [-0.4, -0.2) is 29.0 Å². The molecule has 4 aromatic rings. The van der Waals surface area contributed by atoms with Crippen molar-refractivity contribution >= 4 is 31.1 Å². The molecule has 0 saturated carbocycles. The van der Waals surface area contributed by atoms with Gasteiger partial charge in [-0.1, -0.05) is 41.9 Å². The minimum absolute atomic E-state index is 0.0994. The van der Waals surface area contributed by atoms with Crippen LogP contribution in [0.2, 0.25) is 5.02 Å². The molecule has 1 aliphatic heterocycles. The molecule has 1 fully saturated rings. The van der Waals surface area contributed by atoms with Crippen LogP contribution in [0.25, 0.3) is 22.7 Å². The van der Waals surface area contributed by atoms with Crippen molar-refractivity contribution < 1.29 is 23.2 Å². The van der Waals surface area contributed by atoms with Gasteiger partial charge in [-0.15, -0.1) is 0 Å². The van der Waals surface area contributed by atoms with Gasteiger partial charge in [-0.25, -0.2) is 0 Å². The molecule has 1 aliphatic rings. The fraction of sp³-hybridized carbons (Fsp3) is 0.267. The van der Waals surface area contributed by atoms with E-state index < -0.39 is 7.94 Å². The van der Waals surface area contributed by atoms with Crippen LogP contribution in [0.4, 0.5) is 5.69 Å². The SMILES string of the molecule is CC1(C)CO[PH](O)(Cc2ccc(NC(=O)CCc3oc(-c4ccccc4)nc3-c3ccc(Cl)cc3)cc2)OC1. The third-order valence-corrected chi connectivity index (χ3v) is 8.75. The molecule has 2 heterocycles. The number of hydrogen-bond acceptors (Lipinski definition) is 6. The summed E-state index contributed by atoms with van der Waals surface area (Å²) in [6.45, 7) is 5.03. The maximum atomic E-state index is 12.8. The summed E-state index contributed by atoms with van der Waals surface area (Å²) in [5.74, 6) is 0.999. The fourth-order valence-electron chi connectivity index (χ4n) is 4.27. The Morgan fingerprint density at radius 3 is 2.31 bits per heavy atom. The third kappa shape index (κ3) is 7.13. The van der Waals surface area contributed by atoms with Crippen molar-refractivity contribution in [2.24, 2.45) is 5.41 Å². The summed E-state index contributed by atoms with van der Waals surface area (Å²) < 4.78 is 17.6. The Labute approximate surface area is 233 Å². The van der Waals surface area contributed by atoms with E-state index in [0.717, 1.165) is 16.7 Å². The van der Waals surface area contributed by atoms with Crippen LogP contribution in [0.3, 0.4) is 0 Å². The van der Waals surface area contributed by atoms with Crippen LogP contribution in [0.15, 0.2) is 83.3 Å². The summed E-state index contributed by atoms with van der Waals surface area (Å²) >= 11 is 6.08. The van der Waals surface area contributed by atoms with Gasteiger partial charge in [0.15, 0.2) is 0 Å². The number of carbonyl (C=O) groups is 1. The fourth-order valence-corrected chi connectivity index (χ4v) is 6.67. The van der Waals surface area contributed by atoms with Gasteiger partial charge in [-0.2, -0.15) is 0 Å². The zero-order chi connectivity index (χ0) is 27.5. The summed E-state index contributed by atoms with van der Waals surface area (Å²) in [6, 6.07) is 24.4. The number of benzene rings is 3. The van der Waals surface area contributed by atoms with Gasteiger partial charge in [0.25, 0.3) is 0 Å². The van der Waals surface area contributed by atoms with Crippen LogP contribution >= 0.6 is 19.5 Å². The second-order valence-corrected chi connectivity index (χ2v) is 13.3. The van der Waals surface area contributed by atoms with Gasteiger partial charge in [0.2, 0.25) is 0 Å². The second kappa shape index (κ2) is 11.6. The Morgan fingerprint density at radius 1 is 0.974 bits per heavy atom. The minimum atomic E-state index is -3.24. The molecule has 1 amide bonds. The van der Waals surface area contributed by atoms with E-state index >= 15 is 0 Å². The van der Waals surface area contributed by atoms with E-state index in [1.807, 2.05) is 92.7 Å². The Kier molecular flexibility index (Phi) is 8.17. The molecule has 9 heteroatoms. The van der Waals surface area contributed by atoms with E-state index in [1.165, 1.54) is 0 Å². The Bertz CT molecular complexity index is 1410. The number of nitrogens with zero attached hydrogens (tertiary/aromatic N) is 1. The molecule has 0 atom stereocenters. The van der Waals surface area contributed by atoms with Gasteiger partial charge in [0, 0.05) is 10.6 Å². The molecular weight excluding hydrogens is 535 g/mol. The molecule has 5 rings (SSSR count). The van der Waals surface area contributed by atoms with E-state index in [0.29, 0.717) is 53.9 Å². The molecule has 0 radical (unpaired) electrons. The number of oxazole rings is 1. The Balaban J connectivity index is 1.22. The molecule has 3 aromatic carbocycles. The van der Waals surface area contributed by atoms with Crippen LogP contribution < -0.4 is 5.32 Å². The summed E-state index contributed by atoms with van der Waals surface area (Å²) in [7, 11) is -3.24. The molecule has 0 spiro atoms. The van der Waals surface area contributed by atoms with Crippen molar-refractivity contribution in [2.75, 3.05) is 18.5 Å². The van der Waals surface area contributed by atoms with Crippen LogP contribution in [0.1, 0.15) is 31.6 Å². The molecule has 1 saturated heterocycles. The van der Waals surface area contributed by atoms with Crippen molar-refractivity contribution in [2.45, 2.75) is 32.9 Å². The van der Waals surface area contributed by atoms with Crippen molar-refractivity contribution in [3.63, 3.8) is 0 Å². The number of hydrogen-bond donors (Lipinski definition) is 2. The third-order valence-electron chi connectivity index (χ3n) is 6.46. The molecule has 0 bridgehead atoms. The van der Waals surface area contributed by atoms with E-state index in [-0.39, 0.29) is 17.7 Å². The first-order valence-electron chi connectivity index (χ1n) is 12.9. The first kappa shape index (κ1) is 27.5. The summed E-state index contributed by atoms with van der Waals surface area (Å²) in [5, 5.41) is 3.57. The van der Waals surface area contributed by atoms with E-state index in [9.17, 15) is 9.69 Å². The zero-order valence-corrected chi connectivity index (χ0v) is 23.7. The number of nitrogens with one attached hydrogen (secondary N) is 1. The van der Waals surface area contributed by atoms with Crippen molar-refractivity contribution in [3.05, 3.63) is 95.2 Å². The molecule has 1 aromatic heterocycles. The number of rotatable bonds is 8. The molecular formula is C30H32ClN2O5P. The van der Waals surface area contributed by atoms with Gasteiger partial charge in [0.1, 0.15) is 0 Å². The number of carbonyl (C=O) groups excluding carboxylic acids is 1. The first-order chi connectivity index (χ1) is 18.7. The van der Waals surface area contributed by atoms with Gasteiger partial charge in [-0.3, -0.25) is 0 Å². The van der Waals surface area contributed by atoms with Crippen LogP contribution in [0, 0.1) is 5.41 Å². The molecule has 204 valence electrons. The quantitative estimate of drug-likeness (QED) is 0.217. The van der Waals surface area contributed by atoms with Gasteiger partial charge >= 0.3 is 157 Å². The Hall–Kier alpha value is -3.06. The predicted octanol–water partition coefficient (Wildman–Crippen LogP) is 7.29. The van der Waals surface area contributed by atoms with E-state index in [2.05, 4.69) is 5.32 Å². The molecule has 2 N–H and O–H groups in total. The molecule has 0 unspecified atom stereocenters. The first-order valence-corrected chi connectivity index (χ1v) is 15.2. The van der Waals surface area contributed by atoms with Gasteiger partial charge in [0.05, 0.1) is 0 Å². The molecule has 7 nitrogen and oxygen atoms in total. The van der Waals surface area contributed by atoms with Crippen molar-refractivity contribution in [1.82, 2.24) is 4.98 Å². The van der Waals surface area contributed by atoms with Crippen molar-refractivity contribution in [3.8, 4) is 22.7 Å². The van der Waals surface area contributed by atoms with Crippen LogP contribution in [-0.2, 0) is 26.4 Å². The van der Waals surface area contributed by atoms with Gasteiger partial charge in [-0.05, 0) is 24.3 Å². The van der Waals surface area contributed by atoms with Crippen molar-refractivity contribution in [1.29, 1.82) is 0 Å². The number of amides is 1. The monoisotopic (exact) mass is 566 g/mol. The topological polar surface area (TPSA) is 93.8 Å². The molecule has 0 aliphatic carbocycles. The second-order valence-electron chi connectivity index (χ2n) is 10.5. The average Bonchev–Trinajstić information content (AvgIpc) is 3.36. The Morgan fingerprint density at radius 2 is 1.64 bits per heavy atom. The van der Waals surface area contributed by atoms with Gasteiger partial charge < -0.3 is 0 Å². The average molecular weight is 567 g/mol. The van der Waals surface area contributed by atoms with Crippen LogP contribution in [0.5, 0.6) is 0 Å². The number of aryl methyl sites for hydroxylation is 1. The summed E-state index contributed by atoms with van der Waals surface area (Å²) in [4.78, 5) is 28.3. The number of aromatic nitrogens is 1. The summed E-state index contributed by atoms with van der Waals surface area (Å²) in [6.07, 6.45) is 0.932. The zero-order valence-electron chi connectivity index (χ0n) is 21.9. The summed E-state index contributed by atoms with van der Waals surface area (Å²) in [5.41, 5.74) is 3.90. The predicted molar refractivity (Wildman–Crippen MR) is 156 cm³/mol. The van der Waals surface area contributed by atoms with E-state index in [1.54, 1.807) is 0 Å². The maximum absolute atomic E-state index is 12.8. The number of anilines is 1. The standard InChI is InChI=1S/C30H32ClN2O5P/c1-30(2)19-36-39(35,37-20-30)18-21-8-14-25(15-9-21)32-27(34)17-16-26-28(22-10-12-24(31)13-11-22)33-29(38-26)23-6-4-3-5-7-23/h3-15,35,39H,16-20H2,1-2H3,(H,32,34). The number of halogens is 1. The molecule has 39 heavy (non-hydrogen) atoms.